The highest BCUT2D eigenvalue weighted by Crippen LogP contribution is 2.43. The van der Waals surface area contributed by atoms with Crippen LogP contribution in [0.25, 0.3) is 0 Å². The standard InChI is InChI=1S/C43H53N3O3SSi2/c1-8-36(38(43(5,6)7)48-51(31-21-13-9-14-22-31)32-23-15-10-16-24-32)44-39(47)37-30-50-41(45-37)46-29-35(42(2,3)4)40(46)49-52(33-25-17-11-18-26-33)34-27-19-12-20-28-34/h9-28,30,35-36,38,40,51-52H,8,29H2,1-7H3,(H,44,47)/t35?,36-,38?,40?/m0/s1. The molecule has 1 aliphatic heterocycles. The number of rotatable bonds is 13. The quantitative estimate of drug-likeness (QED) is 0.150. The second-order valence-corrected chi connectivity index (χ2v) is 21.5. The lowest BCUT2D eigenvalue weighted by atomic mass is 9.74. The number of hydrogen-bond acceptors (Lipinski definition) is 6. The molecule has 2 heterocycles. The predicted molar refractivity (Wildman–Crippen MR) is 222 cm³/mol. The van der Waals surface area contributed by atoms with E-state index in [1.54, 1.807) is 0 Å². The fourth-order valence-corrected chi connectivity index (χ4v) is 13.1. The van der Waals surface area contributed by atoms with Crippen LogP contribution in [0.4, 0.5) is 5.13 Å². The Labute approximate surface area is 317 Å². The van der Waals surface area contributed by atoms with Crippen LogP contribution in [0.2, 0.25) is 0 Å². The molecule has 0 bridgehead atoms. The molecule has 9 heteroatoms. The van der Waals surface area contributed by atoms with Crippen LogP contribution < -0.4 is 31.0 Å². The number of nitrogens with zero attached hydrogens (tertiary/aromatic N) is 2. The fraction of sp³-hybridized carbons (Fsp3) is 0.349. The Kier molecular flexibility index (Phi) is 12.0. The summed E-state index contributed by atoms with van der Waals surface area (Å²) in [6.45, 7) is 16.4. The van der Waals surface area contributed by atoms with Crippen LogP contribution in [0.15, 0.2) is 127 Å². The maximum atomic E-state index is 14.0. The molecule has 272 valence electrons. The summed E-state index contributed by atoms with van der Waals surface area (Å²) in [6, 6.07) is 42.1. The first kappa shape index (κ1) is 37.9. The van der Waals surface area contributed by atoms with Crippen molar-refractivity contribution in [2.75, 3.05) is 11.4 Å². The van der Waals surface area contributed by atoms with E-state index >= 15 is 0 Å². The number of anilines is 1. The molecule has 1 amide bonds. The SMILES string of the molecule is CC[C@H](NC(=O)c1csc(N2CC(C(C)(C)C)C2O[SiH](c2ccccc2)c2ccccc2)n1)C(O[SiH](c1ccccc1)c1ccccc1)C(C)(C)C. The number of thiazole rings is 1. The molecule has 3 unspecified atom stereocenters. The number of aromatic nitrogens is 1. The Morgan fingerprint density at radius 3 is 1.67 bits per heavy atom. The zero-order valence-corrected chi connectivity index (χ0v) is 34.7. The van der Waals surface area contributed by atoms with Crippen LogP contribution >= 0.6 is 11.3 Å². The number of benzene rings is 4. The maximum Gasteiger partial charge on any atom is 0.271 e. The van der Waals surface area contributed by atoms with Crippen LogP contribution in [0.3, 0.4) is 0 Å². The van der Waals surface area contributed by atoms with Gasteiger partial charge in [0, 0.05) is 17.8 Å². The Morgan fingerprint density at radius 2 is 1.25 bits per heavy atom. The number of amides is 1. The largest absolute Gasteiger partial charge is 0.405 e. The van der Waals surface area contributed by atoms with E-state index in [9.17, 15) is 4.79 Å². The summed E-state index contributed by atoms with van der Waals surface area (Å²) < 4.78 is 14.4. The first-order valence-corrected chi connectivity index (χ1v) is 22.6. The number of nitrogens with one attached hydrogen (secondary N) is 1. The summed E-state index contributed by atoms with van der Waals surface area (Å²) >= 11 is 1.52. The molecule has 0 radical (unpaired) electrons. The van der Waals surface area contributed by atoms with Gasteiger partial charge < -0.3 is 19.1 Å². The van der Waals surface area contributed by atoms with Gasteiger partial charge in [0.2, 0.25) is 18.1 Å². The summed E-state index contributed by atoms with van der Waals surface area (Å²) in [5.41, 5.74) is 0.254. The molecule has 1 fully saturated rings. The summed E-state index contributed by atoms with van der Waals surface area (Å²) in [5.74, 6) is 0.146. The summed E-state index contributed by atoms with van der Waals surface area (Å²) in [5, 5.41) is 11.0. The molecule has 6 nitrogen and oxygen atoms in total. The Bertz CT molecular complexity index is 1790. The molecule has 1 aliphatic rings. The van der Waals surface area contributed by atoms with Crippen molar-refractivity contribution >= 4 is 61.2 Å². The van der Waals surface area contributed by atoms with Crippen LogP contribution in [0, 0.1) is 16.7 Å². The molecule has 1 N–H and O–H groups in total. The number of hydrogen-bond donors (Lipinski definition) is 1. The Hall–Kier alpha value is -3.87. The van der Waals surface area contributed by atoms with Crippen molar-refractivity contribution in [3.8, 4) is 0 Å². The van der Waals surface area contributed by atoms with E-state index in [1.807, 2.05) is 17.5 Å². The summed E-state index contributed by atoms with van der Waals surface area (Å²) in [4.78, 5) is 21.2. The normalized spacial score (nSPS) is 17.5. The lowest BCUT2D eigenvalue weighted by Gasteiger charge is -2.54. The van der Waals surface area contributed by atoms with Crippen molar-refractivity contribution in [1.82, 2.24) is 10.3 Å². The molecule has 4 atom stereocenters. The maximum absolute atomic E-state index is 14.0. The van der Waals surface area contributed by atoms with Gasteiger partial charge in [0.25, 0.3) is 5.91 Å². The highest BCUT2D eigenvalue weighted by atomic mass is 32.1. The van der Waals surface area contributed by atoms with Crippen molar-refractivity contribution < 1.29 is 13.6 Å². The zero-order valence-electron chi connectivity index (χ0n) is 31.5. The van der Waals surface area contributed by atoms with E-state index in [1.165, 1.54) is 32.1 Å². The van der Waals surface area contributed by atoms with Gasteiger partial charge in [-0.1, -0.05) is 170 Å². The highest BCUT2D eigenvalue weighted by molar-refractivity contribution is 7.14. The van der Waals surface area contributed by atoms with Gasteiger partial charge in [-0.15, -0.1) is 11.3 Å². The second kappa shape index (κ2) is 16.4. The minimum absolute atomic E-state index is 0.0436. The lowest BCUT2D eigenvalue weighted by Crippen LogP contribution is -2.65. The van der Waals surface area contributed by atoms with Crippen molar-refractivity contribution in [2.24, 2.45) is 16.7 Å². The van der Waals surface area contributed by atoms with E-state index in [0.717, 1.165) is 18.1 Å². The second-order valence-electron chi connectivity index (χ2n) is 16.0. The molecule has 52 heavy (non-hydrogen) atoms. The number of carbonyl (C=O) groups is 1. The van der Waals surface area contributed by atoms with Crippen LogP contribution in [-0.4, -0.2) is 53.9 Å². The van der Waals surface area contributed by atoms with Gasteiger partial charge >= 0.3 is 0 Å². The Morgan fingerprint density at radius 1 is 0.788 bits per heavy atom. The zero-order chi connectivity index (χ0) is 36.9. The number of carbonyl (C=O) groups excluding carboxylic acids is 1. The average Bonchev–Trinajstić information content (AvgIpc) is 3.61. The molecule has 0 saturated carbocycles. The van der Waals surface area contributed by atoms with Crippen molar-refractivity contribution in [3.05, 3.63) is 132 Å². The lowest BCUT2D eigenvalue weighted by molar-refractivity contribution is 0.00493. The first-order chi connectivity index (χ1) is 24.9. The van der Waals surface area contributed by atoms with E-state index in [0.29, 0.717) is 11.6 Å². The fourth-order valence-electron chi connectivity index (χ4n) is 7.08. The molecule has 6 rings (SSSR count). The molecule has 0 spiro atoms. The van der Waals surface area contributed by atoms with Crippen molar-refractivity contribution in [3.63, 3.8) is 0 Å². The molecule has 4 aromatic carbocycles. The predicted octanol–water partition coefficient (Wildman–Crippen LogP) is 5.98. The van der Waals surface area contributed by atoms with E-state index in [-0.39, 0.29) is 35.1 Å². The molecule has 1 aromatic heterocycles. The molecule has 0 aliphatic carbocycles. The molecular weight excluding hydrogens is 695 g/mol. The topological polar surface area (TPSA) is 63.7 Å². The van der Waals surface area contributed by atoms with Crippen LogP contribution in [-0.2, 0) is 8.85 Å². The first-order valence-electron chi connectivity index (χ1n) is 18.5. The smallest absolute Gasteiger partial charge is 0.271 e. The third kappa shape index (κ3) is 8.84. The Balaban J connectivity index is 1.22. The van der Waals surface area contributed by atoms with Gasteiger partial charge in [0.15, 0.2) is 5.13 Å². The van der Waals surface area contributed by atoms with Crippen LogP contribution in [0.5, 0.6) is 0 Å². The molecular formula is C43H53N3O3SSi2. The van der Waals surface area contributed by atoms with Crippen LogP contribution in [0.1, 0.15) is 65.4 Å². The van der Waals surface area contributed by atoms with Gasteiger partial charge in [0.1, 0.15) is 11.9 Å². The minimum Gasteiger partial charge on any atom is -0.405 e. The monoisotopic (exact) mass is 747 g/mol. The minimum atomic E-state index is -2.07. The van der Waals surface area contributed by atoms with Gasteiger partial charge in [-0.2, -0.15) is 0 Å². The summed E-state index contributed by atoms with van der Waals surface area (Å²) in [7, 11) is -4.10. The van der Waals surface area contributed by atoms with Crippen molar-refractivity contribution in [2.45, 2.75) is 73.3 Å². The van der Waals surface area contributed by atoms with Gasteiger partial charge in [-0.05, 0) is 38.0 Å². The van der Waals surface area contributed by atoms with E-state index in [2.05, 4.69) is 168 Å². The summed E-state index contributed by atoms with van der Waals surface area (Å²) in [6.07, 6.45) is 0.379. The highest BCUT2D eigenvalue weighted by Gasteiger charge is 2.48. The molecule has 5 aromatic rings. The van der Waals surface area contributed by atoms with E-state index in [4.69, 9.17) is 13.8 Å². The van der Waals surface area contributed by atoms with Gasteiger partial charge in [0.05, 0.1) is 12.1 Å². The van der Waals surface area contributed by atoms with Gasteiger partial charge in [-0.25, -0.2) is 4.98 Å². The average molecular weight is 748 g/mol. The van der Waals surface area contributed by atoms with Crippen molar-refractivity contribution in [1.29, 1.82) is 0 Å². The third-order valence-corrected chi connectivity index (χ3v) is 16.0. The van der Waals surface area contributed by atoms with E-state index < -0.39 is 18.1 Å². The molecule has 1 saturated heterocycles. The van der Waals surface area contributed by atoms with Gasteiger partial charge in [-0.3, -0.25) is 4.79 Å². The third-order valence-electron chi connectivity index (χ3n) is 10.1.